The molecular weight excluding hydrogens is 232 g/mol. The molecule has 0 amide bonds. The van der Waals surface area contributed by atoms with E-state index < -0.39 is 0 Å². The number of rotatable bonds is 3. The molecule has 0 atom stereocenters. The largest absolute Gasteiger partial charge is 0.294 e. The Hall–Kier alpha value is -2.15. The second-order valence-electron chi connectivity index (χ2n) is 4.87. The topological polar surface area (TPSA) is 17.1 Å². The van der Waals surface area contributed by atoms with Gasteiger partial charge in [-0.05, 0) is 34.0 Å². The van der Waals surface area contributed by atoms with E-state index in [4.69, 9.17) is 0 Å². The van der Waals surface area contributed by atoms with Crippen LogP contribution in [0.2, 0.25) is 0 Å². The van der Waals surface area contributed by atoms with Gasteiger partial charge in [-0.1, -0.05) is 55.5 Å². The quantitative estimate of drug-likeness (QED) is 0.472. The summed E-state index contributed by atoms with van der Waals surface area (Å²) in [4.78, 5) is 12.5. The molecular formula is C18H16O. The zero-order chi connectivity index (χ0) is 13.2. The molecule has 0 aliphatic carbocycles. The monoisotopic (exact) mass is 248 g/mol. The molecule has 0 bridgehead atoms. The second kappa shape index (κ2) is 4.85. The lowest BCUT2D eigenvalue weighted by atomic mass is 9.93. The minimum absolute atomic E-state index is 0.246. The van der Waals surface area contributed by atoms with E-state index in [-0.39, 0.29) is 5.78 Å². The zero-order valence-corrected chi connectivity index (χ0v) is 11.0. The lowest BCUT2D eigenvalue weighted by molar-refractivity contribution is 0.0985. The van der Waals surface area contributed by atoms with Gasteiger partial charge in [0.15, 0.2) is 5.78 Å². The maximum Gasteiger partial charge on any atom is 0.164 e. The van der Waals surface area contributed by atoms with Gasteiger partial charge in [-0.2, -0.15) is 0 Å². The fourth-order valence-electron chi connectivity index (χ4n) is 2.67. The van der Waals surface area contributed by atoms with Gasteiger partial charge < -0.3 is 0 Å². The number of hydrogen-bond acceptors (Lipinski definition) is 1. The number of hydrogen-bond donors (Lipinski definition) is 0. The molecule has 0 aliphatic rings. The molecule has 94 valence electrons. The Morgan fingerprint density at radius 3 is 1.95 bits per heavy atom. The minimum atomic E-state index is 0.246. The van der Waals surface area contributed by atoms with Gasteiger partial charge in [0, 0.05) is 12.0 Å². The smallest absolute Gasteiger partial charge is 0.164 e. The Morgan fingerprint density at radius 1 is 0.895 bits per heavy atom. The molecule has 1 nitrogen and oxygen atoms in total. The van der Waals surface area contributed by atoms with Gasteiger partial charge in [0.25, 0.3) is 0 Å². The van der Waals surface area contributed by atoms with Gasteiger partial charge in [0.05, 0.1) is 0 Å². The van der Waals surface area contributed by atoms with Crippen LogP contribution in [0.5, 0.6) is 0 Å². The van der Waals surface area contributed by atoms with E-state index in [0.29, 0.717) is 6.42 Å². The minimum Gasteiger partial charge on any atom is -0.294 e. The highest BCUT2D eigenvalue weighted by molar-refractivity contribution is 6.18. The van der Waals surface area contributed by atoms with Crippen molar-refractivity contribution in [1.82, 2.24) is 0 Å². The summed E-state index contributed by atoms with van der Waals surface area (Å²) in [5.74, 6) is 0.246. The maximum atomic E-state index is 12.5. The summed E-state index contributed by atoms with van der Waals surface area (Å²) >= 11 is 0. The highest BCUT2D eigenvalue weighted by Crippen LogP contribution is 2.29. The normalized spacial score (nSPS) is 11.0. The van der Waals surface area contributed by atoms with Crippen LogP contribution in [-0.2, 0) is 0 Å². The predicted molar refractivity (Wildman–Crippen MR) is 80.7 cm³/mol. The molecule has 19 heavy (non-hydrogen) atoms. The van der Waals surface area contributed by atoms with Crippen molar-refractivity contribution in [2.24, 2.45) is 0 Å². The van der Waals surface area contributed by atoms with Crippen molar-refractivity contribution in [3.8, 4) is 0 Å². The van der Waals surface area contributed by atoms with Crippen molar-refractivity contribution in [1.29, 1.82) is 0 Å². The molecule has 3 aromatic carbocycles. The molecule has 0 fully saturated rings. The molecule has 0 heterocycles. The van der Waals surface area contributed by atoms with Crippen molar-refractivity contribution >= 4 is 27.3 Å². The van der Waals surface area contributed by atoms with Gasteiger partial charge >= 0.3 is 0 Å². The fourth-order valence-corrected chi connectivity index (χ4v) is 2.67. The van der Waals surface area contributed by atoms with Crippen molar-refractivity contribution < 1.29 is 4.79 Å². The third-order valence-corrected chi connectivity index (χ3v) is 3.53. The van der Waals surface area contributed by atoms with Crippen LogP contribution in [0.1, 0.15) is 30.1 Å². The molecule has 0 radical (unpaired) electrons. The lowest BCUT2D eigenvalue weighted by Gasteiger charge is -2.10. The highest BCUT2D eigenvalue weighted by atomic mass is 16.1. The zero-order valence-electron chi connectivity index (χ0n) is 11.0. The Kier molecular flexibility index (Phi) is 3.04. The SMILES string of the molecule is CCCC(=O)c1c2ccccc2cc2ccccc12. The molecule has 0 saturated carbocycles. The van der Waals surface area contributed by atoms with Crippen molar-refractivity contribution in [2.45, 2.75) is 19.8 Å². The summed E-state index contributed by atoms with van der Waals surface area (Å²) in [6.45, 7) is 2.05. The van der Waals surface area contributed by atoms with Crippen LogP contribution in [0.4, 0.5) is 0 Å². The molecule has 0 aliphatic heterocycles. The van der Waals surface area contributed by atoms with Crippen molar-refractivity contribution in [2.75, 3.05) is 0 Å². The van der Waals surface area contributed by atoms with Crippen LogP contribution in [0.3, 0.4) is 0 Å². The van der Waals surface area contributed by atoms with Crippen LogP contribution in [0.25, 0.3) is 21.5 Å². The maximum absolute atomic E-state index is 12.5. The first-order valence-corrected chi connectivity index (χ1v) is 6.75. The van der Waals surface area contributed by atoms with Crippen LogP contribution in [0, 0.1) is 0 Å². The summed E-state index contributed by atoms with van der Waals surface area (Å²) < 4.78 is 0. The van der Waals surface area contributed by atoms with Crippen molar-refractivity contribution in [3.05, 3.63) is 60.2 Å². The Labute approximate surface area is 112 Å². The van der Waals surface area contributed by atoms with E-state index in [1.165, 1.54) is 0 Å². The molecule has 1 heteroatoms. The number of carbonyl (C=O) groups is 1. The number of ketones is 1. The average molecular weight is 248 g/mol. The molecule has 0 unspecified atom stereocenters. The van der Waals surface area contributed by atoms with Crippen LogP contribution < -0.4 is 0 Å². The number of fused-ring (bicyclic) bond motifs is 2. The number of carbonyl (C=O) groups excluding carboxylic acids is 1. The van der Waals surface area contributed by atoms with Gasteiger partial charge in [-0.25, -0.2) is 0 Å². The molecule has 3 aromatic rings. The Morgan fingerprint density at radius 2 is 1.42 bits per heavy atom. The highest BCUT2D eigenvalue weighted by Gasteiger charge is 2.13. The van der Waals surface area contributed by atoms with E-state index >= 15 is 0 Å². The van der Waals surface area contributed by atoms with E-state index in [1.54, 1.807) is 0 Å². The summed E-state index contributed by atoms with van der Waals surface area (Å²) in [7, 11) is 0. The molecule has 0 aromatic heterocycles. The molecule has 0 spiro atoms. The van der Waals surface area contributed by atoms with Gasteiger partial charge in [0.2, 0.25) is 0 Å². The fraction of sp³-hybridized carbons (Fsp3) is 0.167. The Balaban J connectivity index is 2.43. The first-order chi connectivity index (χ1) is 9.31. The van der Waals surface area contributed by atoms with Crippen LogP contribution >= 0.6 is 0 Å². The summed E-state index contributed by atoms with van der Waals surface area (Å²) in [6, 6.07) is 18.4. The summed E-state index contributed by atoms with van der Waals surface area (Å²) in [5, 5.41) is 4.42. The number of benzene rings is 3. The number of Topliss-reactive ketones (excluding diaryl/α,β-unsaturated/α-hetero) is 1. The standard InChI is InChI=1S/C18H16O/c1-2-7-17(19)18-15-10-5-3-8-13(15)12-14-9-4-6-11-16(14)18/h3-6,8-12H,2,7H2,1H3. The molecule has 0 N–H and O–H groups in total. The average Bonchev–Trinajstić information content (AvgIpc) is 2.44. The van der Waals surface area contributed by atoms with E-state index in [9.17, 15) is 4.79 Å². The lowest BCUT2D eigenvalue weighted by Crippen LogP contribution is -2.00. The first-order valence-electron chi connectivity index (χ1n) is 6.75. The second-order valence-corrected chi connectivity index (χ2v) is 4.87. The van der Waals surface area contributed by atoms with Gasteiger partial charge in [0.1, 0.15) is 0 Å². The van der Waals surface area contributed by atoms with Gasteiger partial charge in [-0.3, -0.25) is 4.79 Å². The molecule has 0 saturated heterocycles. The molecule has 3 rings (SSSR count). The summed E-state index contributed by atoms with van der Waals surface area (Å²) in [6.07, 6.45) is 1.49. The van der Waals surface area contributed by atoms with E-state index in [2.05, 4.69) is 18.2 Å². The summed E-state index contributed by atoms with van der Waals surface area (Å²) in [5.41, 5.74) is 0.885. The predicted octanol–water partition coefficient (Wildman–Crippen LogP) is 4.98. The van der Waals surface area contributed by atoms with Crippen LogP contribution in [-0.4, -0.2) is 5.78 Å². The van der Waals surface area contributed by atoms with Crippen molar-refractivity contribution in [3.63, 3.8) is 0 Å². The van der Waals surface area contributed by atoms with E-state index in [1.807, 2.05) is 43.3 Å². The van der Waals surface area contributed by atoms with E-state index in [0.717, 1.165) is 33.5 Å². The van der Waals surface area contributed by atoms with Crippen LogP contribution in [0.15, 0.2) is 54.6 Å². The Bertz CT molecular complexity index is 702. The third kappa shape index (κ3) is 2.01. The van der Waals surface area contributed by atoms with Gasteiger partial charge in [-0.15, -0.1) is 0 Å². The third-order valence-electron chi connectivity index (χ3n) is 3.53. The first kappa shape index (κ1) is 11.9.